The van der Waals surface area contributed by atoms with Gasteiger partial charge in [0.2, 0.25) is 5.91 Å². The van der Waals surface area contributed by atoms with Gasteiger partial charge in [0.15, 0.2) is 11.5 Å². The van der Waals surface area contributed by atoms with Crippen LogP contribution in [0.1, 0.15) is 12.5 Å². The van der Waals surface area contributed by atoms with Crippen molar-refractivity contribution < 1.29 is 19.0 Å². The lowest BCUT2D eigenvalue weighted by Crippen LogP contribution is -2.32. The minimum absolute atomic E-state index is 0.0863. The van der Waals surface area contributed by atoms with Crippen LogP contribution in [0.2, 0.25) is 0 Å². The highest BCUT2D eigenvalue weighted by Gasteiger charge is 2.13. The number of methoxy groups -OCH3 is 3. The van der Waals surface area contributed by atoms with Gasteiger partial charge in [-0.3, -0.25) is 9.69 Å². The largest absolute Gasteiger partial charge is 0.495 e. The molecule has 0 aliphatic heterocycles. The maximum Gasteiger partial charge on any atom is 0.238 e. The van der Waals surface area contributed by atoms with Crippen molar-refractivity contribution >= 4 is 11.6 Å². The Labute approximate surface area is 154 Å². The molecule has 0 spiro atoms. The SMILES string of the molecule is CCN(CC(=O)Nc1ccccc1OC)Cc1ccc(OC)c(OC)c1. The maximum atomic E-state index is 12.4. The van der Waals surface area contributed by atoms with E-state index >= 15 is 0 Å². The van der Waals surface area contributed by atoms with Gasteiger partial charge in [-0.05, 0) is 36.4 Å². The summed E-state index contributed by atoms with van der Waals surface area (Å²) in [6.45, 7) is 3.68. The van der Waals surface area contributed by atoms with E-state index in [0.717, 1.165) is 12.1 Å². The Morgan fingerprint density at radius 2 is 1.65 bits per heavy atom. The summed E-state index contributed by atoms with van der Waals surface area (Å²) in [4.78, 5) is 14.5. The van der Waals surface area contributed by atoms with Gasteiger partial charge in [0, 0.05) is 6.54 Å². The first-order valence-corrected chi connectivity index (χ1v) is 8.47. The van der Waals surface area contributed by atoms with Crippen LogP contribution < -0.4 is 19.5 Å². The first kappa shape index (κ1) is 19.6. The quantitative estimate of drug-likeness (QED) is 0.746. The standard InChI is InChI=1S/C20H26N2O4/c1-5-22(13-15-10-11-18(25-3)19(12-15)26-4)14-20(23)21-16-8-6-7-9-17(16)24-2/h6-12H,5,13-14H2,1-4H3,(H,21,23). The fourth-order valence-electron chi connectivity index (χ4n) is 2.66. The fourth-order valence-corrected chi connectivity index (χ4v) is 2.66. The molecule has 2 aromatic rings. The van der Waals surface area contributed by atoms with Crippen LogP contribution in [-0.4, -0.2) is 45.2 Å². The Kier molecular flexibility index (Phi) is 7.29. The van der Waals surface area contributed by atoms with Crippen molar-refractivity contribution in [2.45, 2.75) is 13.5 Å². The summed E-state index contributed by atoms with van der Waals surface area (Å²) in [7, 11) is 4.80. The number of rotatable bonds is 9. The van der Waals surface area contributed by atoms with Crippen LogP contribution in [0.15, 0.2) is 42.5 Å². The summed E-state index contributed by atoms with van der Waals surface area (Å²) in [5.41, 5.74) is 1.72. The number of anilines is 1. The number of hydrogen-bond donors (Lipinski definition) is 1. The van der Waals surface area contributed by atoms with Crippen molar-refractivity contribution in [2.75, 3.05) is 39.7 Å². The topological polar surface area (TPSA) is 60.0 Å². The van der Waals surface area contributed by atoms with Gasteiger partial charge in [-0.15, -0.1) is 0 Å². The Balaban J connectivity index is 2.01. The van der Waals surface area contributed by atoms with E-state index in [1.54, 1.807) is 21.3 Å². The maximum absolute atomic E-state index is 12.4. The number of hydrogen-bond acceptors (Lipinski definition) is 5. The zero-order chi connectivity index (χ0) is 18.9. The summed E-state index contributed by atoms with van der Waals surface area (Å²) in [6, 6.07) is 13.1. The van der Waals surface area contributed by atoms with Crippen LogP contribution in [0, 0.1) is 0 Å². The van der Waals surface area contributed by atoms with Gasteiger partial charge in [-0.2, -0.15) is 0 Å². The summed E-state index contributed by atoms with van der Waals surface area (Å²) in [5.74, 6) is 1.92. The molecule has 0 aliphatic rings. The highest BCUT2D eigenvalue weighted by molar-refractivity contribution is 5.93. The van der Waals surface area contributed by atoms with Crippen molar-refractivity contribution in [1.29, 1.82) is 0 Å². The number of nitrogens with one attached hydrogen (secondary N) is 1. The number of para-hydroxylation sites is 2. The van der Waals surface area contributed by atoms with Gasteiger partial charge in [-0.1, -0.05) is 25.1 Å². The third kappa shape index (κ3) is 5.13. The Morgan fingerprint density at radius 3 is 2.31 bits per heavy atom. The van der Waals surface area contributed by atoms with E-state index in [9.17, 15) is 4.79 Å². The lowest BCUT2D eigenvalue weighted by atomic mass is 10.2. The summed E-state index contributed by atoms with van der Waals surface area (Å²) in [6.07, 6.45) is 0. The lowest BCUT2D eigenvalue weighted by Gasteiger charge is -2.21. The van der Waals surface area contributed by atoms with Crippen LogP contribution in [0.4, 0.5) is 5.69 Å². The zero-order valence-corrected chi connectivity index (χ0v) is 15.7. The van der Waals surface area contributed by atoms with Gasteiger partial charge < -0.3 is 19.5 Å². The van der Waals surface area contributed by atoms with Crippen molar-refractivity contribution in [2.24, 2.45) is 0 Å². The molecule has 0 aliphatic carbocycles. The Morgan fingerprint density at radius 1 is 0.962 bits per heavy atom. The average Bonchev–Trinajstić information content (AvgIpc) is 2.67. The van der Waals surface area contributed by atoms with Crippen molar-refractivity contribution in [3.63, 3.8) is 0 Å². The fraction of sp³-hybridized carbons (Fsp3) is 0.350. The van der Waals surface area contributed by atoms with E-state index in [0.29, 0.717) is 29.5 Å². The smallest absolute Gasteiger partial charge is 0.238 e. The number of carbonyl (C=O) groups excluding carboxylic acids is 1. The number of carbonyl (C=O) groups is 1. The Bertz CT molecular complexity index is 734. The number of likely N-dealkylation sites (N-methyl/N-ethyl adjacent to an activating group) is 1. The molecule has 0 aromatic heterocycles. The predicted octanol–water partition coefficient (Wildman–Crippen LogP) is 3.17. The van der Waals surface area contributed by atoms with E-state index in [1.165, 1.54) is 0 Å². The van der Waals surface area contributed by atoms with E-state index in [4.69, 9.17) is 14.2 Å². The molecule has 0 unspecified atom stereocenters. The van der Waals surface area contributed by atoms with Crippen LogP contribution >= 0.6 is 0 Å². The molecule has 1 N–H and O–H groups in total. The van der Waals surface area contributed by atoms with Gasteiger partial charge in [-0.25, -0.2) is 0 Å². The molecule has 6 heteroatoms. The van der Waals surface area contributed by atoms with E-state index in [1.807, 2.05) is 54.3 Å². The molecule has 0 radical (unpaired) electrons. The third-order valence-electron chi connectivity index (χ3n) is 4.05. The van der Waals surface area contributed by atoms with Gasteiger partial charge in [0.1, 0.15) is 5.75 Å². The summed E-state index contributed by atoms with van der Waals surface area (Å²) in [5, 5.41) is 2.90. The Hall–Kier alpha value is -2.73. The molecule has 2 rings (SSSR count). The normalized spacial score (nSPS) is 10.5. The molecule has 0 bridgehead atoms. The number of amides is 1. The molecule has 0 fully saturated rings. The molecular weight excluding hydrogens is 332 g/mol. The van der Waals surface area contributed by atoms with E-state index in [-0.39, 0.29) is 12.5 Å². The number of ether oxygens (including phenoxy) is 3. The van der Waals surface area contributed by atoms with E-state index in [2.05, 4.69) is 5.32 Å². The molecule has 0 saturated carbocycles. The monoisotopic (exact) mass is 358 g/mol. The molecule has 140 valence electrons. The first-order valence-electron chi connectivity index (χ1n) is 8.47. The highest BCUT2D eigenvalue weighted by Crippen LogP contribution is 2.28. The van der Waals surface area contributed by atoms with Crippen LogP contribution in [0.5, 0.6) is 17.2 Å². The molecule has 26 heavy (non-hydrogen) atoms. The first-order chi connectivity index (χ1) is 12.6. The van der Waals surface area contributed by atoms with Crippen LogP contribution in [-0.2, 0) is 11.3 Å². The summed E-state index contributed by atoms with van der Waals surface area (Å²) >= 11 is 0. The lowest BCUT2D eigenvalue weighted by molar-refractivity contribution is -0.117. The molecule has 2 aromatic carbocycles. The molecule has 1 amide bonds. The average molecular weight is 358 g/mol. The third-order valence-corrected chi connectivity index (χ3v) is 4.05. The predicted molar refractivity (Wildman–Crippen MR) is 102 cm³/mol. The van der Waals surface area contributed by atoms with E-state index < -0.39 is 0 Å². The van der Waals surface area contributed by atoms with Crippen LogP contribution in [0.25, 0.3) is 0 Å². The van der Waals surface area contributed by atoms with Gasteiger partial charge in [0.25, 0.3) is 0 Å². The zero-order valence-electron chi connectivity index (χ0n) is 15.7. The number of nitrogens with zero attached hydrogens (tertiary/aromatic N) is 1. The van der Waals surface area contributed by atoms with Crippen molar-refractivity contribution in [1.82, 2.24) is 4.90 Å². The highest BCUT2D eigenvalue weighted by atomic mass is 16.5. The molecular formula is C20H26N2O4. The minimum atomic E-state index is -0.0863. The molecule has 0 heterocycles. The molecule has 0 atom stereocenters. The van der Waals surface area contributed by atoms with Crippen LogP contribution in [0.3, 0.4) is 0 Å². The van der Waals surface area contributed by atoms with Crippen molar-refractivity contribution in [3.05, 3.63) is 48.0 Å². The van der Waals surface area contributed by atoms with Crippen molar-refractivity contribution in [3.8, 4) is 17.2 Å². The van der Waals surface area contributed by atoms with Gasteiger partial charge >= 0.3 is 0 Å². The second kappa shape index (κ2) is 9.68. The molecule has 6 nitrogen and oxygen atoms in total. The molecule has 0 saturated heterocycles. The minimum Gasteiger partial charge on any atom is -0.495 e. The van der Waals surface area contributed by atoms with Gasteiger partial charge in [0.05, 0.1) is 33.6 Å². The second-order valence-corrected chi connectivity index (χ2v) is 5.74. The number of benzene rings is 2. The summed E-state index contributed by atoms with van der Waals surface area (Å²) < 4.78 is 15.9. The second-order valence-electron chi connectivity index (χ2n) is 5.74.